The maximum atomic E-state index is 14.2. The van der Waals surface area contributed by atoms with Gasteiger partial charge in [-0.2, -0.15) is 5.10 Å². The molecule has 0 saturated heterocycles. The summed E-state index contributed by atoms with van der Waals surface area (Å²) in [5, 5.41) is 36.4. The van der Waals surface area contributed by atoms with E-state index in [1.165, 1.54) is 29.1 Å². The van der Waals surface area contributed by atoms with Crippen LogP contribution in [0.15, 0.2) is 80.6 Å². The van der Waals surface area contributed by atoms with E-state index in [9.17, 15) is 24.1 Å². The molecule has 0 saturated carbocycles. The highest BCUT2D eigenvalue weighted by Crippen LogP contribution is 2.36. The third-order valence-electron chi connectivity index (χ3n) is 4.96. The number of halogens is 2. The van der Waals surface area contributed by atoms with Crippen molar-refractivity contribution in [1.29, 1.82) is 0 Å². The zero-order chi connectivity index (χ0) is 23.8. The molecule has 5 rings (SSSR count). The molecule has 34 heavy (non-hydrogen) atoms. The summed E-state index contributed by atoms with van der Waals surface area (Å²) in [7, 11) is 0. The minimum atomic E-state index is -0.838. The zero-order valence-electron chi connectivity index (χ0n) is 17.2. The molecule has 3 N–H and O–H groups in total. The Morgan fingerprint density at radius 2 is 1.76 bits per heavy atom. The Bertz CT molecular complexity index is 1600. The van der Waals surface area contributed by atoms with Gasteiger partial charge < -0.3 is 19.7 Å². The van der Waals surface area contributed by atoms with Crippen molar-refractivity contribution in [2.75, 3.05) is 0 Å². The fraction of sp³-hybridized carbons (Fsp3) is 0. The number of aromatic nitrogens is 1. The summed E-state index contributed by atoms with van der Waals surface area (Å²) in [5.41, 5.74) is 1.17. The second-order valence-corrected chi connectivity index (χ2v) is 8.02. The summed E-state index contributed by atoms with van der Waals surface area (Å²) >= 11 is 1.14. The van der Waals surface area contributed by atoms with Gasteiger partial charge in [-0.1, -0.05) is 18.2 Å². The van der Waals surface area contributed by atoms with Gasteiger partial charge in [0.05, 0.1) is 6.21 Å². The van der Waals surface area contributed by atoms with E-state index in [-0.39, 0.29) is 16.1 Å². The monoisotopic (exact) mass is 479 g/mol. The predicted molar refractivity (Wildman–Crippen MR) is 124 cm³/mol. The van der Waals surface area contributed by atoms with Crippen molar-refractivity contribution in [1.82, 2.24) is 4.68 Å². The Labute approximate surface area is 194 Å². The van der Waals surface area contributed by atoms with Gasteiger partial charge in [0.2, 0.25) is 10.6 Å². The molecule has 0 atom stereocenters. The zero-order valence-corrected chi connectivity index (χ0v) is 18.0. The number of hydrogen-bond acceptors (Lipinski definition) is 7. The number of fused-ring (bicyclic) bond motifs is 1. The Kier molecular flexibility index (Phi) is 5.34. The third kappa shape index (κ3) is 3.90. The number of benzene rings is 3. The van der Waals surface area contributed by atoms with Crippen LogP contribution in [0.3, 0.4) is 0 Å². The molecular formula is C24H15F2N3O4S. The minimum Gasteiger partial charge on any atom is -0.504 e. The molecule has 2 aromatic heterocycles. The summed E-state index contributed by atoms with van der Waals surface area (Å²) in [5.74, 6) is -2.82. The van der Waals surface area contributed by atoms with E-state index in [0.29, 0.717) is 17.0 Å². The topological polar surface area (TPSA) is 103 Å². The van der Waals surface area contributed by atoms with Crippen LogP contribution in [-0.2, 0) is 0 Å². The molecule has 2 heterocycles. The molecule has 0 aliphatic heterocycles. The van der Waals surface area contributed by atoms with E-state index >= 15 is 0 Å². The lowest BCUT2D eigenvalue weighted by Gasteiger charge is -2.04. The Balaban J connectivity index is 1.69. The normalized spacial score (nSPS) is 12.2. The van der Waals surface area contributed by atoms with Gasteiger partial charge in [0.15, 0.2) is 23.1 Å². The lowest BCUT2D eigenvalue weighted by atomic mass is 10.2. The molecule has 0 amide bonds. The maximum Gasteiger partial charge on any atom is 0.211 e. The average Bonchev–Trinajstić information content (AvgIpc) is 3.42. The highest BCUT2D eigenvalue weighted by atomic mass is 32.1. The number of thiazole rings is 1. The smallest absolute Gasteiger partial charge is 0.211 e. The van der Waals surface area contributed by atoms with Gasteiger partial charge in [0.1, 0.15) is 22.8 Å². The molecule has 0 spiro atoms. The first-order valence-electron chi connectivity index (χ1n) is 9.88. The average molecular weight is 479 g/mol. The first-order valence-corrected chi connectivity index (χ1v) is 10.8. The van der Waals surface area contributed by atoms with Gasteiger partial charge in [-0.15, -0.1) is 11.3 Å². The SMILES string of the molecule is Oc1ccc(C=Nn2c(-c3cc4ccccc4o3)csc2=Nc2ccc(F)cc2F)c(O)c1O. The number of hydrogen-bond donors (Lipinski definition) is 3. The van der Waals surface area contributed by atoms with Crippen LogP contribution in [0.4, 0.5) is 14.5 Å². The summed E-state index contributed by atoms with van der Waals surface area (Å²) in [4.78, 5) is 4.52. The van der Waals surface area contributed by atoms with Crippen LogP contribution in [-0.4, -0.2) is 26.2 Å². The van der Waals surface area contributed by atoms with Crippen LogP contribution in [0.1, 0.15) is 5.56 Å². The number of rotatable bonds is 4. The molecule has 5 aromatic rings. The van der Waals surface area contributed by atoms with E-state index in [0.717, 1.165) is 28.9 Å². The van der Waals surface area contributed by atoms with Crippen LogP contribution in [0, 0.1) is 11.6 Å². The van der Waals surface area contributed by atoms with Crippen LogP contribution in [0.5, 0.6) is 17.2 Å². The second-order valence-electron chi connectivity index (χ2n) is 7.19. The number of para-hydroxylation sites is 1. The number of aromatic hydroxyl groups is 3. The number of phenolic OH excluding ortho intramolecular Hbond substituents is 3. The van der Waals surface area contributed by atoms with Crippen molar-refractivity contribution < 1.29 is 28.5 Å². The van der Waals surface area contributed by atoms with Crippen LogP contribution >= 0.6 is 11.3 Å². The molecule has 0 unspecified atom stereocenters. The Morgan fingerprint density at radius 3 is 2.56 bits per heavy atom. The lowest BCUT2D eigenvalue weighted by Crippen LogP contribution is -2.11. The molecule has 10 heteroatoms. The molecule has 0 radical (unpaired) electrons. The summed E-state index contributed by atoms with van der Waals surface area (Å²) < 4.78 is 34.9. The standard InChI is InChI=1S/C24H15F2N3O4S/c25-15-6-7-17(16(26)10-15)28-24-29(27-11-14-5-8-19(30)23(32)22(14)31)18(12-34-24)21-9-13-3-1-2-4-20(13)33-21/h1-12,30-32H. The molecule has 3 aromatic carbocycles. The van der Waals surface area contributed by atoms with E-state index in [4.69, 9.17) is 4.42 Å². The lowest BCUT2D eigenvalue weighted by molar-refractivity contribution is 0.367. The van der Waals surface area contributed by atoms with Gasteiger partial charge in [0.25, 0.3) is 0 Å². The van der Waals surface area contributed by atoms with Crippen molar-refractivity contribution in [3.63, 3.8) is 0 Å². The highest BCUT2D eigenvalue weighted by Gasteiger charge is 2.15. The van der Waals surface area contributed by atoms with Crippen LogP contribution in [0.2, 0.25) is 0 Å². The van der Waals surface area contributed by atoms with Gasteiger partial charge in [-0.3, -0.25) is 0 Å². The predicted octanol–water partition coefficient (Wildman–Crippen LogP) is 5.47. The largest absolute Gasteiger partial charge is 0.504 e. The molecular weight excluding hydrogens is 464 g/mol. The summed E-state index contributed by atoms with van der Waals surface area (Å²) in [6.45, 7) is 0. The van der Waals surface area contributed by atoms with Gasteiger partial charge in [0, 0.05) is 22.4 Å². The van der Waals surface area contributed by atoms with E-state index in [1.807, 2.05) is 30.3 Å². The molecule has 0 bridgehead atoms. The van der Waals surface area contributed by atoms with Gasteiger partial charge in [-0.25, -0.2) is 18.4 Å². The van der Waals surface area contributed by atoms with E-state index in [2.05, 4.69) is 10.1 Å². The van der Waals surface area contributed by atoms with Crippen molar-refractivity contribution in [2.45, 2.75) is 0 Å². The first-order chi connectivity index (χ1) is 16.4. The minimum absolute atomic E-state index is 0.0894. The maximum absolute atomic E-state index is 14.2. The molecule has 0 aliphatic rings. The summed E-state index contributed by atoms with van der Waals surface area (Å²) in [6, 6.07) is 14.8. The van der Waals surface area contributed by atoms with Crippen molar-refractivity contribution in [2.24, 2.45) is 10.1 Å². The first kappa shape index (κ1) is 21.4. The van der Waals surface area contributed by atoms with Crippen LogP contribution in [0.25, 0.3) is 22.4 Å². The summed E-state index contributed by atoms with van der Waals surface area (Å²) in [6.07, 6.45) is 1.24. The second kappa shape index (κ2) is 8.49. The van der Waals surface area contributed by atoms with Crippen molar-refractivity contribution in [3.8, 4) is 28.7 Å². The highest BCUT2D eigenvalue weighted by molar-refractivity contribution is 7.07. The molecule has 0 aliphatic carbocycles. The Morgan fingerprint density at radius 1 is 0.941 bits per heavy atom. The van der Waals surface area contributed by atoms with E-state index < -0.39 is 28.9 Å². The number of phenols is 3. The molecule has 0 fully saturated rings. The quantitative estimate of drug-likeness (QED) is 0.235. The van der Waals surface area contributed by atoms with Gasteiger partial charge >= 0.3 is 0 Å². The number of furan rings is 1. The molecule has 7 nitrogen and oxygen atoms in total. The van der Waals surface area contributed by atoms with Crippen LogP contribution < -0.4 is 4.80 Å². The van der Waals surface area contributed by atoms with Crippen molar-refractivity contribution in [3.05, 3.63) is 88.0 Å². The Hall–Kier alpha value is -4.44. The van der Waals surface area contributed by atoms with Gasteiger partial charge in [-0.05, 0) is 36.4 Å². The fourth-order valence-electron chi connectivity index (χ4n) is 3.25. The van der Waals surface area contributed by atoms with E-state index in [1.54, 1.807) is 5.38 Å². The molecule has 170 valence electrons. The fourth-order valence-corrected chi connectivity index (χ4v) is 4.08. The van der Waals surface area contributed by atoms with Crippen molar-refractivity contribution >= 4 is 34.2 Å². The third-order valence-corrected chi connectivity index (χ3v) is 5.78. The number of nitrogens with zero attached hydrogens (tertiary/aromatic N) is 3.